The van der Waals surface area contributed by atoms with Gasteiger partial charge in [-0.05, 0) is 46.8 Å². The van der Waals surface area contributed by atoms with E-state index in [4.69, 9.17) is 11.6 Å². The molecule has 1 aromatic carbocycles. The summed E-state index contributed by atoms with van der Waals surface area (Å²) in [6.07, 6.45) is 0. The number of anilines is 1. The van der Waals surface area contributed by atoms with Crippen molar-refractivity contribution in [2.75, 3.05) is 5.32 Å². The minimum atomic E-state index is -1.19. The molecule has 0 aliphatic rings. The lowest BCUT2D eigenvalue weighted by Crippen LogP contribution is -2.51. The number of amides is 2. The fraction of sp³-hybridized carbons (Fsp3) is 0.467. The zero-order valence-electron chi connectivity index (χ0n) is 12.5. The molecule has 0 aliphatic carbocycles. The summed E-state index contributed by atoms with van der Waals surface area (Å²) in [5.41, 5.74) is -1.08. The summed E-state index contributed by atoms with van der Waals surface area (Å²) < 4.78 is 0. The number of halogens is 1. The zero-order chi connectivity index (χ0) is 15.6. The first-order valence-electron chi connectivity index (χ1n) is 6.42. The molecule has 0 saturated heterocycles. The maximum Gasteiger partial charge on any atom is 0.239 e. The Morgan fingerprint density at radius 3 is 2.05 bits per heavy atom. The van der Waals surface area contributed by atoms with Gasteiger partial charge in [0.2, 0.25) is 11.8 Å². The summed E-state index contributed by atoms with van der Waals surface area (Å²) >= 11 is 5.99. The van der Waals surface area contributed by atoms with Crippen molar-refractivity contribution in [1.82, 2.24) is 5.32 Å². The summed E-state index contributed by atoms with van der Waals surface area (Å²) in [5, 5.41) is 5.93. The molecule has 0 atom stereocenters. The second-order valence-electron chi connectivity index (χ2n) is 6.26. The van der Waals surface area contributed by atoms with Gasteiger partial charge in [-0.15, -0.1) is 0 Å². The molecule has 0 heterocycles. The largest absolute Gasteiger partial charge is 0.351 e. The first-order valence-corrected chi connectivity index (χ1v) is 6.80. The van der Waals surface area contributed by atoms with Crippen LogP contribution in [0, 0.1) is 5.41 Å². The van der Waals surface area contributed by atoms with E-state index in [1.165, 1.54) is 0 Å². The Kier molecular flexibility index (Phi) is 4.81. The topological polar surface area (TPSA) is 58.2 Å². The summed E-state index contributed by atoms with van der Waals surface area (Å²) in [6, 6.07) is 6.91. The lowest BCUT2D eigenvalue weighted by atomic mass is 9.89. The highest BCUT2D eigenvalue weighted by Crippen LogP contribution is 2.24. The van der Waals surface area contributed by atoms with Crippen molar-refractivity contribution >= 4 is 29.1 Å². The van der Waals surface area contributed by atoms with Crippen LogP contribution in [-0.4, -0.2) is 17.4 Å². The van der Waals surface area contributed by atoms with Gasteiger partial charge >= 0.3 is 0 Å². The summed E-state index contributed by atoms with van der Waals surface area (Å²) in [7, 11) is 0. The lowest BCUT2D eigenvalue weighted by molar-refractivity contribution is -0.139. The van der Waals surface area contributed by atoms with Crippen LogP contribution in [-0.2, 0) is 9.59 Å². The number of carbonyl (C=O) groups excluding carboxylic acids is 2. The Hall–Kier alpha value is -1.55. The van der Waals surface area contributed by atoms with E-state index in [0.29, 0.717) is 10.7 Å². The quantitative estimate of drug-likeness (QED) is 0.841. The van der Waals surface area contributed by atoms with E-state index in [1.54, 1.807) is 38.1 Å². The van der Waals surface area contributed by atoms with Gasteiger partial charge in [0.05, 0.1) is 10.7 Å². The van der Waals surface area contributed by atoms with Gasteiger partial charge in [-0.25, -0.2) is 0 Å². The summed E-state index contributed by atoms with van der Waals surface area (Å²) in [5.74, 6) is -0.720. The number of benzene rings is 1. The fourth-order valence-corrected chi connectivity index (χ4v) is 1.62. The summed E-state index contributed by atoms with van der Waals surface area (Å²) in [6.45, 7) is 8.77. The van der Waals surface area contributed by atoms with Crippen LogP contribution in [0.25, 0.3) is 0 Å². The van der Waals surface area contributed by atoms with E-state index in [0.717, 1.165) is 0 Å². The minimum absolute atomic E-state index is 0.324. The Morgan fingerprint density at radius 1 is 1.00 bits per heavy atom. The average molecular weight is 297 g/mol. The molecule has 0 spiro atoms. The van der Waals surface area contributed by atoms with Gasteiger partial charge in [-0.3, -0.25) is 9.59 Å². The molecular formula is C15H21ClN2O2. The molecule has 2 amide bonds. The van der Waals surface area contributed by atoms with Gasteiger partial charge in [-0.1, -0.05) is 23.7 Å². The third-order valence-electron chi connectivity index (χ3n) is 2.75. The predicted molar refractivity (Wildman–Crippen MR) is 81.8 cm³/mol. The number of nitrogens with one attached hydrogen (secondary N) is 2. The SMILES string of the molecule is CC(C)(C)NC(=O)C(C)(C)C(=O)Nc1ccccc1Cl. The van der Waals surface area contributed by atoms with Crippen LogP contribution in [0.4, 0.5) is 5.69 Å². The maximum atomic E-state index is 12.3. The van der Waals surface area contributed by atoms with Crippen LogP contribution < -0.4 is 10.6 Å². The van der Waals surface area contributed by atoms with E-state index in [-0.39, 0.29) is 11.4 Å². The molecule has 0 fully saturated rings. The highest BCUT2D eigenvalue weighted by atomic mass is 35.5. The smallest absolute Gasteiger partial charge is 0.239 e. The van der Waals surface area contributed by atoms with E-state index in [2.05, 4.69) is 10.6 Å². The van der Waals surface area contributed by atoms with Crippen LogP contribution in [0.5, 0.6) is 0 Å². The van der Waals surface area contributed by atoms with Crippen LogP contribution in [0.2, 0.25) is 5.02 Å². The molecule has 2 N–H and O–H groups in total. The van der Waals surface area contributed by atoms with Gasteiger partial charge < -0.3 is 10.6 Å². The molecule has 0 aliphatic heterocycles. The first-order chi connectivity index (χ1) is 9.04. The van der Waals surface area contributed by atoms with E-state index in [1.807, 2.05) is 20.8 Å². The summed E-state index contributed by atoms with van der Waals surface area (Å²) in [4.78, 5) is 24.5. The number of rotatable bonds is 3. The molecule has 0 saturated carbocycles. The molecule has 0 bridgehead atoms. The van der Waals surface area contributed by atoms with E-state index >= 15 is 0 Å². The Balaban J connectivity index is 2.85. The third kappa shape index (κ3) is 4.23. The number of para-hydroxylation sites is 1. The zero-order valence-corrected chi connectivity index (χ0v) is 13.3. The molecule has 0 aromatic heterocycles. The van der Waals surface area contributed by atoms with Crippen LogP contribution in [0.15, 0.2) is 24.3 Å². The van der Waals surface area contributed by atoms with E-state index in [9.17, 15) is 9.59 Å². The Labute approximate surface area is 124 Å². The molecule has 4 nitrogen and oxygen atoms in total. The third-order valence-corrected chi connectivity index (χ3v) is 3.08. The van der Waals surface area contributed by atoms with Crippen molar-refractivity contribution in [3.63, 3.8) is 0 Å². The molecule has 20 heavy (non-hydrogen) atoms. The molecule has 5 heteroatoms. The van der Waals surface area contributed by atoms with Gasteiger partial charge in [0.1, 0.15) is 5.41 Å². The Morgan fingerprint density at radius 2 is 1.55 bits per heavy atom. The van der Waals surface area contributed by atoms with Crippen molar-refractivity contribution < 1.29 is 9.59 Å². The van der Waals surface area contributed by atoms with Crippen molar-refractivity contribution in [3.8, 4) is 0 Å². The van der Waals surface area contributed by atoms with Crippen LogP contribution in [0.1, 0.15) is 34.6 Å². The van der Waals surface area contributed by atoms with Gasteiger partial charge in [0.15, 0.2) is 0 Å². The lowest BCUT2D eigenvalue weighted by Gasteiger charge is -2.28. The molecule has 0 radical (unpaired) electrons. The van der Waals surface area contributed by atoms with Gasteiger partial charge in [0, 0.05) is 5.54 Å². The van der Waals surface area contributed by atoms with Crippen LogP contribution >= 0.6 is 11.6 Å². The van der Waals surface area contributed by atoms with Crippen molar-refractivity contribution in [2.24, 2.45) is 5.41 Å². The second kappa shape index (κ2) is 5.83. The normalized spacial score (nSPS) is 11.9. The monoisotopic (exact) mass is 296 g/mol. The van der Waals surface area contributed by atoms with E-state index < -0.39 is 11.3 Å². The second-order valence-corrected chi connectivity index (χ2v) is 6.67. The van der Waals surface area contributed by atoms with Gasteiger partial charge in [-0.2, -0.15) is 0 Å². The van der Waals surface area contributed by atoms with Gasteiger partial charge in [0.25, 0.3) is 0 Å². The van der Waals surface area contributed by atoms with Crippen molar-refractivity contribution in [1.29, 1.82) is 0 Å². The number of hydrogen-bond donors (Lipinski definition) is 2. The number of hydrogen-bond acceptors (Lipinski definition) is 2. The first kappa shape index (κ1) is 16.5. The highest BCUT2D eigenvalue weighted by molar-refractivity contribution is 6.33. The maximum absolute atomic E-state index is 12.3. The molecule has 1 aromatic rings. The molecule has 110 valence electrons. The standard InChI is InChI=1S/C15H21ClN2O2/c1-14(2,3)18-13(20)15(4,5)12(19)17-11-9-7-6-8-10(11)16/h6-9H,1-5H3,(H,17,19)(H,18,20). The molecule has 1 rings (SSSR count). The Bertz CT molecular complexity index is 519. The van der Waals surface area contributed by atoms with Crippen LogP contribution in [0.3, 0.4) is 0 Å². The minimum Gasteiger partial charge on any atom is -0.351 e. The van der Waals surface area contributed by atoms with Crippen molar-refractivity contribution in [2.45, 2.75) is 40.2 Å². The van der Waals surface area contributed by atoms with Crippen molar-refractivity contribution in [3.05, 3.63) is 29.3 Å². The molecule has 0 unspecified atom stereocenters. The fourth-order valence-electron chi connectivity index (χ4n) is 1.44. The average Bonchev–Trinajstić information content (AvgIpc) is 2.29. The number of carbonyl (C=O) groups is 2. The molecular weight excluding hydrogens is 276 g/mol. The highest BCUT2D eigenvalue weighted by Gasteiger charge is 2.37. The predicted octanol–water partition coefficient (Wildman–Crippen LogP) is 3.22.